The van der Waals surface area contributed by atoms with Crippen LogP contribution in [-0.4, -0.2) is 4.98 Å². The maximum absolute atomic E-state index is 6.04. The molecule has 0 fully saturated rings. The number of para-hydroxylation sites is 1. The van der Waals surface area contributed by atoms with Crippen LogP contribution in [0.4, 0.5) is 0 Å². The summed E-state index contributed by atoms with van der Waals surface area (Å²) in [5.74, 6) is 0. The molecule has 1 heterocycles. The molecule has 2 aromatic rings. The Labute approximate surface area is 84.1 Å². The molecule has 14 heavy (non-hydrogen) atoms. The summed E-state index contributed by atoms with van der Waals surface area (Å²) in [5.41, 5.74) is 8.36. The molecule has 0 aliphatic rings. The summed E-state index contributed by atoms with van der Waals surface area (Å²) in [6.45, 7) is 2.16. The van der Waals surface area contributed by atoms with Crippen LogP contribution in [0.1, 0.15) is 31.5 Å². The number of aromatic amines is 1. The van der Waals surface area contributed by atoms with Crippen molar-refractivity contribution >= 4 is 10.9 Å². The van der Waals surface area contributed by atoms with E-state index in [2.05, 4.69) is 30.1 Å². The zero-order chi connectivity index (χ0) is 9.97. The molecule has 0 aliphatic carbocycles. The normalized spacial score (nSPS) is 13.3. The molecule has 0 spiro atoms. The van der Waals surface area contributed by atoms with Crippen molar-refractivity contribution in [2.75, 3.05) is 0 Å². The van der Waals surface area contributed by atoms with E-state index in [0.29, 0.717) is 0 Å². The molecule has 0 saturated carbocycles. The van der Waals surface area contributed by atoms with Gasteiger partial charge in [-0.3, -0.25) is 0 Å². The van der Waals surface area contributed by atoms with E-state index in [0.717, 1.165) is 18.5 Å². The van der Waals surface area contributed by atoms with Crippen molar-refractivity contribution in [1.29, 1.82) is 0 Å². The third-order valence-corrected chi connectivity index (χ3v) is 2.55. The van der Waals surface area contributed by atoms with Crippen LogP contribution < -0.4 is 5.73 Å². The van der Waals surface area contributed by atoms with Crippen LogP contribution in [0.5, 0.6) is 0 Å². The molecule has 0 radical (unpaired) electrons. The van der Waals surface area contributed by atoms with Gasteiger partial charge in [-0.25, -0.2) is 0 Å². The highest BCUT2D eigenvalue weighted by Gasteiger charge is 2.07. The minimum atomic E-state index is 0.146. The molecule has 0 aliphatic heterocycles. The van der Waals surface area contributed by atoms with Gasteiger partial charge in [0.15, 0.2) is 0 Å². The second-order valence-electron chi connectivity index (χ2n) is 3.71. The van der Waals surface area contributed by atoms with Gasteiger partial charge in [-0.1, -0.05) is 31.5 Å². The number of fused-ring (bicyclic) bond motifs is 1. The molecule has 1 aromatic carbocycles. The van der Waals surface area contributed by atoms with Crippen LogP contribution in [0.3, 0.4) is 0 Å². The molecule has 74 valence electrons. The van der Waals surface area contributed by atoms with Crippen LogP contribution in [0.2, 0.25) is 0 Å². The van der Waals surface area contributed by atoms with Gasteiger partial charge in [0.2, 0.25) is 0 Å². The summed E-state index contributed by atoms with van der Waals surface area (Å²) in [5, 5.41) is 1.24. The van der Waals surface area contributed by atoms with Gasteiger partial charge in [-0.05, 0) is 23.9 Å². The average Bonchev–Trinajstić information content (AvgIpc) is 2.61. The zero-order valence-electron chi connectivity index (χ0n) is 8.46. The van der Waals surface area contributed by atoms with Crippen LogP contribution >= 0.6 is 0 Å². The Morgan fingerprint density at radius 1 is 1.36 bits per heavy atom. The number of hydrogen-bond acceptors (Lipinski definition) is 1. The maximum atomic E-state index is 6.04. The highest BCUT2D eigenvalue weighted by atomic mass is 14.8. The van der Waals surface area contributed by atoms with Crippen molar-refractivity contribution in [3.63, 3.8) is 0 Å². The van der Waals surface area contributed by atoms with Crippen LogP contribution in [0.15, 0.2) is 30.3 Å². The fraction of sp³-hybridized carbons (Fsp3) is 0.333. The second-order valence-corrected chi connectivity index (χ2v) is 3.71. The molecule has 1 atom stereocenters. The monoisotopic (exact) mass is 188 g/mol. The topological polar surface area (TPSA) is 41.8 Å². The fourth-order valence-electron chi connectivity index (χ4n) is 1.76. The Hall–Kier alpha value is -1.28. The summed E-state index contributed by atoms with van der Waals surface area (Å²) < 4.78 is 0. The first-order valence-corrected chi connectivity index (χ1v) is 5.14. The van der Waals surface area contributed by atoms with Gasteiger partial charge < -0.3 is 10.7 Å². The van der Waals surface area contributed by atoms with E-state index < -0.39 is 0 Å². The largest absolute Gasteiger partial charge is 0.357 e. The SMILES string of the molecule is CCC[C@H](N)c1cc2ccccc2[nH]1. The first-order valence-electron chi connectivity index (χ1n) is 5.14. The van der Waals surface area contributed by atoms with Crippen molar-refractivity contribution in [2.24, 2.45) is 5.73 Å². The average molecular weight is 188 g/mol. The molecule has 2 heteroatoms. The van der Waals surface area contributed by atoms with Crippen molar-refractivity contribution in [3.8, 4) is 0 Å². The highest BCUT2D eigenvalue weighted by Crippen LogP contribution is 2.20. The van der Waals surface area contributed by atoms with E-state index in [4.69, 9.17) is 5.73 Å². The van der Waals surface area contributed by atoms with E-state index in [-0.39, 0.29) is 6.04 Å². The number of nitrogens with one attached hydrogen (secondary N) is 1. The predicted molar refractivity (Wildman–Crippen MR) is 60.1 cm³/mol. The zero-order valence-corrected chi connectivity index (χ0v) is 8.46. The lowest BCUT2D eigenvalue weighted by molar-refractivity contribution is 0.626. The molecule has 1 aromatic heterocycles. The summed E-state index contributed by atoms with van der Waals surface area (Å²) >= 11 is 0. The van der Waals surface area contributed by atoms with E-state index in [1.807, 2.05) is 12.1 Å². The molecular formula is C12H16N2. The lowest BCUT2D eigenvalue weighted by atomic mass is 10.1. The Bertz CT molecular complexity index is 384. The Balaban J connectivity index is 2.35. The third-order valence-electron chi connectivity index (χ3n) is 2.55. The van der Waals surface area contributed by atoms with Gasteiger partial charge in [0.1, 0.15) is 0 Å². The van der Waals surface area contributed by atoms with Gasteiger partial charge >= 0.3 is 0 Å². The van der Waals surface area contributed by atoms with Crippen molar-refractivity contribution in [2.45, 2.75) is 25.8 Å². The van der Waals surface area contributed by atoms with Crippen LogP contribution in [-0.2, 0) is 0 Å². The molecule has 0 unspecified atom stereocenters. The smallest absolute Gasteiger partial charge is 0.0456 e. The molecule has 0 saturated heterocycles. The minimum absolute atomic E-state index is 0.146. The van der Waals surface area contributed by atoms with Crippen LogP contribution in [0, 0.1) is 0 Å². The lowest BCUT2D eigenvalue weighted by Gasteiger charge is -2.06. The first kappa shape index (κ1) is 9.28. The van der Waals surface area contributed by atoms with Gasteiger partial charge in [0.05, 0.1) is 0 Å². The second kappa shape index (κ2) is 3.84. The number of rotatable bonds is 3. The van der Waals surface area contributed by atoms with Crippen LogP contribution in [0.25, 0.3) is 10.9 Å². The van der Waals surface area contributed by atoms with E-state index in [9.17, 15) is 0 Å². The summed E-state index contributed by atoms with van der Waals surface area (Å²) in [6, 6.07) is 10.6. The van der Waals surface area contributed by atoms with Crippen molar-refractivity contribution < 1.29 is 0 Å². The Morgan fingerprint density at radius 3 is 2.86 bits per heavy atom. The summed E-state index contributed by atoms with van der Waals surface area (Å²) in [7, 11) is 0. The molecule has 2 rings (SSSR count). The molecule has 0 bridgehead atoms. The number of hydrogen-bond donors (Lipinski definition) is 2. The quantitative estimate of drug-likeness (QED) is 0.764. The molecule has 2 nitrogen and oxygen atoms in total. The standard InChI is InChI=1S/C12H16N2/c1-2-5-10(13)12-8-9-6-3-4-7-11(9)14-12/h3-4,6-8,10,14H,2,5,13H2,1H3/t10-/m0/s1. The lowest BCUT2D eigenvalue weighted by Crippen LogP contribution is -2.09. The Kier molecular flexibility index (Phi) is 2.55. The fourth-order valence-corrected chi connectivity index (χ4v) is 1.76. The minimum Gasteiger partial charge on any atom is -0.357 e. The van der Waals surface area contributed by atoms with E-state index in [1.165, 1.54) is 10.9 Å². The molecular weight excluding hydrogens is 172 g/mol. The van der Waals surface area contributed by atoms with Crippen molar-refractivity contribution in [3.05, 3.63) is 36.0 Å². The van der Waals surface area contributed by atoms with E-state index >= 15 is 0 Å². The Morgan fingerprint density at radius 2 is 2.14 bits per heavy atom. The number of nitrogens with two attached hydrogens (primary N) is 1. The summed E-state index contributed by atoms with van der Waals surface area (Å²) in [4.78, 5) is 3.36. The third kappa shape index (κ3) is 1.66. The number of H-pyrrole nitrogens is 1. The summed E-state index contributed by atoms with van der Waals surface area (Å²) in [6.07, 6.45) is 2.16. The highest BCUT2D eigenvalue weighted by molar-refractivity contribution is 5.80. The molecule has 0 amide bonds. The maximum Gasteiger partial charge on any atom is 0.0456 e. The first-order chi connectivity index (χ1) is 6.81. The van der Waals surface area contributed by atoms with Gasteiger partial charge in [-0.15, -0.1) is 0 Å². The van der Waals surface area contributed by atoms with Gasteiger partial charge in [0, 0.05) is 17.3 Å². The van der Waals surface area contributed by atoms with Crippen molar-refractivity contribution in [1.82, 2.24) is 4.98 Å². The van der Waals surface area contributed by atoms with E-state index in [1.54, 1.807) is 0 Å². The predicted octanol–water partition coefficient (Wildman–Crippen LogP) is 2.97. The number of benzene rings is 1. The van der Waals surface area contributed by atoms with Gasteiger partial charge in [-0.2, -0.15) is 0 Å². The molecule has 3 N–H and O–H groups in total. The van der Waals surface area contributed by atoms with Gasteiger partial charge in [0.25, 0.3) is 0 Å². The number of aromatic nitrogens is 1.